The third-order valence-electron chi connectivity index (χ3n) is 6.85. The molecule has 4 atom stereocenters. The zero-order valence-electron chi connectivity index (χ0n) is 16.4. The molecular formula is C21H30N2O4. The molecule has 6 heteroatoms. The number of imide groups is 1. The van der Waals surface area contributed by atoms with Crippen molar-refractivity contribution in [2.45, 2.75) is 63.5 Å². The number of nitrogens with one attached hydrogen (secondary N) is 1. The number of benzene rings is 1. The van der Waals surface area contributed by atoms with Crippen LogP contribution >= 0.6 is 0 Å². The van der Waals surface area contributed by atoms with Crippen molar-refractivity contribution in [3.8, 4) is 5.75 Å². The summed E-state index contributed by atoms with van der Waals surface area (Å²) in [6.45, 7) is 6.82. The summed E-state index contributed by atoms with van der Waals surface area (Å²) >= 11 is 0. The van der Waals surface area contributed by atoms with E-state index in [9.17, 15) is 19.8 Å². The number of hydrogen-bond acceptors (Lipinski definition) is 5. The second-order valence-corrected chi connectivity index (χ2v) is 8.10. The molecule has 2 aliphatic rings. The first kappa shape index (κ1) is 19.8. The van der Waals surface area contributed by atoms with Crippen LogP contribution in [0.1, 0.15) is 50.7 Å². The number of carbonyl (C=O) groups excluding carboxylic acids is 2. The van der Waals surface area contributed by atoms with E-state index in [-0.39, 0.29) is 23.6 Å². The van der Waals surface area contributed by atoms with Gasteiger partial charge in [0, 0.05) is 23.9 Å². The van der Waals surface area contributed by atoms with Gasteiger partial charge in [0.15, 0.2) is 0 Å². The van der Waals surface area contributed by atoms with Crippen LogP contribution in [0.2, 0.25) is 0 Å². The van der Waals surface area contributed by atoms with Gasteiger partial charge in [-0.2, -0.15) is 0 Å². The van der Waals surface area contributed by atoms with E-state index in [1.807, 2.05) is 19.9 Å². The molecule has 3 N–H and O–H groups in total. The van der Waals surface area contributed by atoms with Gasteiger partial charge in [-0.15, -0.1) is 0 Å². The molecule has 0 spiro atoms. The van der Waals surface area contributed by atoms with Gasteiger partial charge in [0.1, 0.15) is 5.75 Å². The molecule has 148 valence electrons. The largest absolute Gasteiger partial charge is 0.508 e. The van der Waals surface area contributed by atoms with Gasteiger partial charge >= 0.3 is 0 Å². The van der Waals surface area contributed by atoms with E-state index in [1.54, 1.807) is 19.1 Å². The number of carbonyl (C=O) groups is 2. The Bertz CT molecular complexity index is 737. The highest BCUT2D eigenvalue weighted by Gasteiger charge is 2.60. The normalized spacial score (nSPS) is 33.2. The van der Waals surface area contributed by atoms with Crippen molar-refractivity contribution in [1.82, 2.24) is 10.2 Å². The van der Waals surface area contributed by atoms with Crippen LogP contribution in [0.25, 0.3) is 0 Å². The number of phenols is 1. The average Bonchev–Trinajstić information content (AvgIpc) is 2.65. The van der Waals surface area contributed by atoms with Crippen LogP contribution in [0.4, 0.5) is 0 Å². The molecule has 1 saturated heterocycles. The molecule has 2 fully saturated rings. The number of nitrogens with zero attached hydrogens (tertiary/aromatic N) is 1. The van der Waals surface area contributed by atoms with Crippen molar-refractivity contribution in [2.24, 2.45) is 5.92 Å². The lowest BCUT2D eigenvalue weighted by Gasteiger charge is -2.59. The molecule has 2 amide bonds. The number of aliphatic hydroxyl groups is 1. The molecule has 0 radical (unpaired) electrons. The number of fused-ring (bicyclic) bond motifs is 1. The third-order valence-corrected chi connectivity index (χ3v) is 6.85. The zero-order chi connectivity index (χ0) is 19.8. The molecule has 1 aromatic rings. The monoisotopic (exact) mass is 374 g/mol. The molecule has 0 bridgehead atoms. The van der Waals surface area contributed by atoms with E-state index in [2.05, 4.69) is 5.32 Å². The molecule has 1 heterocycles. The van der Waals surface area contributed by atoms with Crippen LogP contribution in [-0.2, 0) is 15.0 Å². The van der Waals surface area contributed by atoms with E-state index in [1.165, 1.54) is 4.90 Å². The van der Waals surface area contributed by atoms with Crippen LogP contribution in [0.5, 0.6) is 5.75 Å². The lowest BCUT2D eigenvalue weighted by Crippen LogP contribution is -2.69. The van der Waals surface area contributed by atoms with Crippen molar-refractivity contribution >= 4 is 12.3 Å². The van der Waals surface area contributed by atoms with E-state index in [4.69, 9.17) is 0 Å². The highest BCUT2D eigenvalue weighted by atomic mass is 16.3. The molecule has 3 rings (SSSR count). The lowest BCUT2D eigenvalue weighted by molar-refractivity contribution is -0.153. The molecule has 6 nitrogen and oxygen atoms in total. The molecule has 0 aromatic heterocycles. The summed E-state index contributed by atoms with van der Waals surface area (Å²) in [5.41, 5.74) is 0.251. The first-order valence-electron chi connectivity index (χ1n) is 9.80. The summed E-state index contributed by atoms with van der Waals surface area (Å²) in [5, 5.41) is 25.3. The summed E-state index contributed by atoms with van der Waals surface area (Å²) in [7, 11) is 0. The summed E-state index contributed by atoms with van der Waals surface area (Å²) in [6, 6.07) is 5.12. The zero-order valence-corrected chi connectivity index (χ0v) is 16.4. The fourth-order valence-electron chi connectivity index (χ4n) is 5.28. The van der Waals surface area contributed by atoms with Gasteiger partial charge in [0.25, 0.3) is 0 Å². The van der Waals surface area contributed by atoms with E-state index in [0.717, 1.165) is 17.7 Å². The first-order chi connectivity index (χ1) is 12.8. The smallest absolute Gasteiger partial charge is 0.232 e. The molecule has 27 heavy (non-hydrogen) atoms. The van der Waals surface area contributed by atoms with Gasteiger partial charge in [-0.25, -0.2) is 0 Å². The minimum absolute atomic E-state index is 0.127. The minimum Gasteiger partial charge on any atom is -0.508 e. The Morgan fingerprint density at radius 1 is 1.41 bits per heavy atom. The number of aryl methyl sites for hydroxylation is 1. The van der Waals surface area contributed by atoms with E-state index in [0.29, 0.717) is 38.6 Å². The highest BCUT2D eigenvalue weighted by Crippen LogP contribution is 2.55. The highest BCUT2D eigenvalue weighted by molar-refractivity contribution is 5.88. The second kappa shape index (κ2) is 7.24. The van der Waals surface area contributed by atoms with Crippen LogP contribution in [-0.4, -0.2) is 52.2 Å². The molecule has 1 aliphatic heterocycles. The number of piperidine rings is 1. The maximum absolute atomic E-state index is 12.9. The maximum atomic E-state index is 12.9. The lowest BCUT2D eigenvalue weighted by atomic mass is 9.51. The van der Waals surface area contributed by atoms with Crippen molar-refractivity contribution in [3.63, 3.8) is 0 Å². The Kier molecular flexibility index (Phi) is 5.32. The van der Waals surface area contributed by atoms with Crippen molar-refractivity contribution in [1.29, 1.82) is 0 Å². The summed E-state index contributed by atoms with van der Waals surface area (Å²) in [6.07, 6.45) is 2.77. The molecule has 1 aromatic carbocycles. The number of amides is 2. The van der Waals surface area contributed by atoms with Crippen LogP contribution in [0.3, 0.4) is 0 Å². The van der Waals surface area contributed by atoms with Gasteiger partial charge < -0.3 is 15.5 Å². The van der Waals surface area contributed by atoms with Gasteiger partial charge in [-0.3, -0.25) is 14.5 Å². The summed E-state index contributed by atoms with van der Waals surface area (Å²) in [4.78, 5) is 25.4. The van der Waals surface area contributed by atoms with Crippen molar-refractivity contribution < 1.29 is 19.8 Å². The van der Waals surface area contributed by atoms with Gasteiger partial charge in [-0.05, 0) is 76.3 Å². The van der Waals surface area contributed by atoms with E-state index >= 15 is 0 Å². The SMILES string of the molecule is CCN(C=O)C(=O)C1CCC2(O)C(C)NCCC2(c2cc(O)ccc2C)C1. The molecule has 4 unspecified atom stereocenters. The number of aromatic hydroxyl groups is 1. The Morgan fingerprint density at radius 3 is 2.81 bits per heavy atom. The quantitative estimate of drug-likeness (QED) is 0.700. The maximum Gasteiger partial charge on any atom is 0.232 e. The fraction of sp³-hybridized carbons (Fsp3) is 0.619. The Balaban J connectivity index is 2.09. The Morgan fingerprint density at radius 2 is 2.15 bits per heavy atom. The number of rotatable bonds is 4. The Hall–Kier alpha value is -1.92. The standard InChI is InChI=1S/C21H30N2O4/c1-4-23(13-24)19(26)16-7-8-21(27)15(3)22-10-9-20(21,12-16)18-11-17(25)6-5-14(18)2/h5-6,11,13,15-16,22,25,27H,4,7-10,12H2,1-3H3. The van der Waals surface area contributed by atoms with Crippen molar-refractivity contribution in [2.75, 3.05) is 13.1 Å². The number of phenolic OH excluding ortho intramolecular Hbond substituents is 1. The second-order valence-electron chi connectivity index (χ2n) is 8.10. The Labute approximate surface area is 160 Å². The topological polar surface area (TPSA) is 89.9 Å². The average molecular weight is 374 g/mol. The van der Waals surface area contributed by atoms with Crippen LogP contribution in [0.15, 0.2) is 18.2 Å². The fourth-order valence-corrected chi connectivity index (χ4v) is 5.28. The summed E-state index contributed by atoms with van der Waals surface area (Å²) in [5.74, 6) is -0.324. The molecule has 1 saturated carbocycles. The van der Waals surface area contributed by atoms with Gasteiger partial charge in [0.05, 0.1) is 5.60 Å². The van der Waals surface area contributed by atoms with E-state index < -0.39 is 11.0 Å². The number of hydrogen-bond donors (Lipinski definition) is 3. The van der Waals surface area contributed by atoms with Gasteiger partial charge in [0.2, 0.25) is 12.3 Å². The van der Waals surface area contributed by atoms with Crippen molar-refractivity contribution in [3.05, 3.63) is 29.3 Å². The van der Waals surface area contributed by atoms with Gasteiger partial charge in [-0.1, -0.05) is 6.07 Å². The summed E-state index contributed by atoms with van der Waals surface area (Å²) < 4.78 is 0. The van der Waals surface area contributed by atoms with Crippen LogP contribution < -0.4 is 5.32 Å². The predicted octanol–water partition coefficient (Wildman–Crippen LogP) is 1.86. The predicted molar refractivity (Wildman–Crippen MR) is 102 cm³/mol. The molecular weight excluding hydrogens is 344 g/mol. The minimum atomic E-state index is -1.02. The van der Waals surface area contributed by atoms with Crippen LogP contribution in [0, 0.1) is 12.8 Å². The molecule has 1 aliphatic carbocycles. The first-order valence-corrected chi connectivity index (χ1v) is 9.80. The third kappa shape index (κ3) is 3.05.